The van der Waals surface area contributed by atoms with Crippen molar-refractivity contribution >= 4 is 11.9 Å². The molecule has 0 amide bonds. The molecule has 0 radical (unpaired) electrons. The maximum absolute atomic E-state index is 4.24. The Labute approximate surface area is 197 Å². The summed E-state index contributed by atoms with van der Waals surface area (Å²) >= 11 is 0. The molecule has 0 aliphatic heterocycles. The lowest BCUT2D eigenvalue weighted by Crippen LogP contribution is -2.21. The van der Waals surface area contributed by atoms with Crippen molar-refractivity contribution in [2.45, 2.75) is 66.8 Å². The summed E-state index contributed by atoms with van der Waals surface area (Å²) in [7, 11) is 1.79. The minimum Gasteiger partial charge on any atom is -0.356 e. The molecule has 1 rings (SSSR count). The van der Waals surface area contributed by atoms with E-state index >= 15 is 0 Å². The van der Waals surface area contributed by atoms with Crippen LogP contribution in [0.2, 0.25) is 0 Å². The summed E-state index contributed by atoms with van der Waals surface area (Å²) in [5.41, 5.74) is 6.47. The van der Waals surface area contributed by atoms with Crippen LogP contribution >= 0.6 is 0 Å². The molecule has 0 aliphatic rings. The molecule has 1 unspecified atom stereocenters. The number of hydrogen-bond donors (Lipinski definition) is 2. The zero-order valence-corrected chi connectivity index (χ0v) is 21.5. The predicted octanol–water partition coefficient (Wildman–Crippen LogP) is 8.18. The van der Waals surface area contributed by atoms with E-state index in [0.717, 1.165) is 48.3 Å². The van der Waals surface area contributed by atoms with Gasteiger partial charge in [-0.1, -0.05) is 63.4 Å². The molecule has 1 aromatic rings. The first kappa shape index (κ1) is 29.4. The normalized spacial score (nSPS) is 13.1. The van der Waals surface area contributed by atoms with Gasteiger partial charge < -0.3 is 10.6 Å². The highest BCUT2D eigenvalue weighted by Crippen LogP contribution is 2.25. The number of hydrogen-bond acceptors (Lipinski definition) is 3. The van der Waals surface area contributed by atoms with E-state index in [9.17, 15) is 0 Å². The molecule has 0 fully saturated rings. The smallest absolute Gasteiger partial charge is 0.0387 e. The minimum atomic E-state index is 0.373. The van der Waals surface area contributed by atoms with Gasteiger partial charge in [-0.2, -0.15) is 0 Å². The number of allylic oxidation sites excluding steroid dienone is 7. The third-order valence-electron chi connectivity index (χ3n) is 5.10. The van der Waals surface area contributed by atoms with Gasteiger partial charge in [0, 0.05) is 30.7 Å². The third-order valence-corrected chi connectivity index (χ3v) is 5.10. The molecule has 1 aromatic carbocycles. The summed E-state index contributed by atoms with van der Waals surface area (Å²) < 4.78 is 0. The van der Waals surface area contributed by atoms with E-state index < -0.39 is 0 Å². The van der Waals surface area contributed by atoms with Gasteiger partial charge in [-0.15, -0.1) is 0 Å². The lowest BCUT2D eigenvalue weighted by atomic mass is 9.97. The van der Waals surface area contributed by atoms with E-state index in [4.69, 9.17) is 0 Å². The third kappa shape index (κ3) is 11.1. The standard InChI is InChI=1S/C25H37N3.C4H8/c1-8-15-27-25(11-4)23-13-12-14-24(17-23)28-20(6)19(5)16-21(9-2)22(10-3)18-26-7;1-3-4-2/h9-10,12-14,17-18,25,27-28H,5-6,8,11,15-16H2,1-4,7H3;3-4H,1-2H3/b21-9+,22-10+,26-18?;4-3-. The number of aliphatic imine (C=N–C) groups is 1. The molecule has 32 heavy (non-hydrogen) atoms. The van der Waals surface area contributed by atoms with Gasteiger partial charge in [0.05, 0.1) is 0 Å². The Kier molecular flexibility index (Phi) is 16.5. The first-order valence-corrected chi connectivity index (χ1v) is 11.7. The Morgan fingerprint density at radius 2 is 1.75 bits per heavy atom. The Bertz CT molecular complexity index is 805. The van der Waals surface area contributed by atoms with Gasteiger partial charge in [0.2, 0.25) is 0 Å². The molecule has 176 valence electrons. The van der Waals surface area contributed by atoms with Crippen LogP contribution in [0.5, 0.6) is 0 Å². The fourth-order valence-electron chi connectivity index (χ4n) is 3.10. The Balaban J connectivity index is 0.00000220. The fraction of sp³-hybridized carbons (Fsp3) is 0.414. The number of anilines is 1. The summed E-state index contributed by atoms with van der Waals surface area (Å²) in [4.78, 5) is 4.14. The molecule has 0 heterocycles. The minimum absolute atomic E-state index is 0.373. The van der Waals surface area contributed by atoms with Crippen LogP contribution in [0.1, 0.15) is 72.4 Å². The highest BCUT2D eigenvalue weighted by atomic mass is 14.9. The first-order valence-electron chi connectivity index (χ1n) is 11.7. The van der Waals surface area contributed by atoms with Crippen LogP contribution in [-0.4, -0.2) is 19.8 Å². The fourth-order valence-corrected chi connectivity index (χ4v) is 3.10. The summed E-state index contributed by atoms with van der Waals surface area (Å²) in [6, 6.07) is 8.93. The summed E-state index contributed by atoms with van der Waals surface area (Å²) in [6.07, 6.45) is 13.0. The molecule has 0 aromatic heterocycles. The molecule has 0 saturated heterocycles. The predicted molar refractivity (Wildman–Crippen MR) is 147 cm³/mol. The van der Waals surface area contributed by atoms with E-state index in [1.54, 1.807) is 7.05 Å². The van der Waals surface area contributed by atoms with E-state index in [1.807, 2.05) is 46.1 Å². The van der Waals surface area contributed by atoms with Crippen molar-refractivity contribution in [1.29, 1.82) is 0 Å². The van der Waals surface area contributed by atoms with Crippen molar-refractivity contribution in [2.75, 3.05) is 18.9 Å². The van der Waals surface area contributed by atoms with Crippen molar-refractivity contribution in [2.24, 2.45) is 4.99 Å². The number of rotatable bonds is 12. The second-order valence-corrected chi connectivity index (χ2v) is 7.54. The lowest BCUT2D eigenvalue weighted by molar-refractivity contribution is 0.518. The van der Waals surface area contributed by atoms with E-state index in [2.05, 4.69) is 79.0 Å². The zero-order valence-electron chi connectivity index (χ0n) is 21.5. The molecule has 2 N–H and O–H groups in total. The maximum atomic E-state index is 4.24. The van der Waals surface area contributed by atoms with Gasteiger partial charge in [0.1, 0.15) is 0 Å². The van der Waals surface area contributed by atoms with Crippen LogP contribution in [0.25, 0.3) is 0 Å². The quantitative estimate of drug-likeness (QED) is 0.197. The average Bonchev–Trinajstić information content (AvgIpc) is 2.81. The second kappa shape index (κ2) is 18.0. The van der Waals surface area contributed by atoms with Crippen molar-refractivity contribution in [3.05, 3.63) is 89.7 Å². The summed E-state index contributed by atoms with van der Waals surface area (Å²) in [6.45, 7) is 22.0. The average molecular weight is 436 g/mol. The highest BCUT2D eigenvalue weighted by molar-refractivity contribution is 5.84. The molecule has 0 spiro atoms. The molecule has 0 aliphatic carbocycles. The van der Waals surface area contributed by atoms with Crippen molar-refractivity contribution in [1.82, 2.24) is 5.32 Å². The number of benzene rings is 1. The van der Waals surface area contributed by atoms with Crippen LogP contribution in [0, 0.1) is 0 Å². The molecule has 3 nitrogen and oxygen atoms in total. The zero-order chi connectivity index (χ0) is 24.4. The van der Waals surface area contributed by atoms with Gasteiger partial charge in [-0.25, -0.2) is 0 Å². The van der Waals surface area contributed by atoms with Crippen molar-refractivity contribution in [3.8, 4) is 0 Å². The number of nitrogens with zero attached hydrogens (tertiary/aromatic N) is 1. The SMILES string of the molecule is C/C=C\C.C=C(CC(=C\C)/C(C=NC)=C/C)C(=C)Nc1cccc(C(CC)NCCC)c1. The Hall–Kier alpha value is -2.65. The largest absolute Gasteiger partial charge is 0.356 e. The number of nitrogens with one attached hydrogen (secondary N) is 2. The van der Waals surface area contributed by atoms with Crippen LogP contribution in [0.4, 0.5) is 5.69 Å². The molecule has 3 heteroatoms. The van der Waals surface area contributed by atoms with Crippen LogP contribution in [0.15, 0.2) is 89.1 Å². The van der Waals surface area contributed by atoms with Gasteiger partial charge in [0.25, 0.3) is 0 Å². The molecular weight excluding hydrogens is 390 g/mol. The van der Waals surface area contributed by atoms with Crippen LogP contribution in [-0.2, 0) is 0 Å². The van der Waals surface area contributed by atoms with Gasteiger partial charge in [0.15, 0.2) is 0 Å². The van der Waals surface area contributed by atoms with Crippen molar-refractivity contribution in [3.63, 3.8) is 0 Å². The lowest BCUT2D eigenvalue weighted by Gasteiger charge is -2.19. The Morgan fingerprint density at radius 3 is 2.25 bits per heavy atom. The first-order chi connectivity index (χ1) is 15.4. The highest BCUT2D eigenvalue weighted by Gasteiger charge is 2.10. The van der Waals surface area contributed by atoms with Gasteiger partial charge in [-0.05, 0) is 87.9 Å². The van der Waals surface area contributed by atoms with E-state index in [-0.39, 0.29) is 0 Å². The molecular formula is C29H45N3. The monoisotopic (exact) mass is 435 g/mol. The Morgan fingerprint density at radius 1 is 1.06 bits per heavy atom. The molecule has 0 saturated carbocycles. The van der Waals surface area contributed by atoms with Crippen LogP contribution < -0.4 is 10.6 Å². The topological polar surface area (TPSA) is 36.4 Å². The van der Waals surface area contributed by atoms with Crippen LogP contribution in [0.3, 0.4) is 0 Å². The molecule has 1 atom stereocenters. The second-order valence-electron chi connectivity index (χ2n) is 7.54. The van der Waals surface area contributed by atoms with Gasteiger partial charge in [-0.3, -0.25) is 4.99 Å². The van der Waals surface area contributed by atoms with Crippen molar-refractivity contribution < 1.29 is 0 Å². The summed E-state index contributed by atoms with van der Waals surface area (Å²) in [5, 5.41) is 7.04. The van der Waals surface area contributed by atoms with E-state index in [0.29, 0.717) is 6.04 Å². The summed E-state index contributed by atoms with van der Waals surface area (Å²) in [5.74, 6) is 0. The van der Waals surface area contributed by atoms with Gasteiger partial charge >= 0.3 is 0 Å². The molecule has 0 bridgehead atoms. The van der Waals surface area contributed by atoms with E-state index in [1.165, 1.54) is 11.1 Å². The maximum Gasteiger partial charge on any atom is 0.0387 e.